The van der Waals surface area contributed by atoms with Crippen molar-refractivity contribution in [2.75, 3.05) is 5.32 Å². The lowest BCUT2D eigenvalue weighted by atomic mass is 9.99. The Kier molecular flexibility index (Phi) is 5.45. The Labute approximate surface area is 183 Å². The lowest BCUT2D eigenvalue weighted by molar-refractivity contribution is -0.118. The summed E-state index contributed by atoms with van der Waals surface area (Å²) in [6.45, 7) is 7.71. The highest BCUT2D eigenvalue weighted by molar-refractivity contribution is 7.19. The summed E-state index contributed by atoms with van der Waals surface area (Å²) in [7, 11) is 0. The molecule has 2 aromatic carbocycles. The van der Waals surface area contributed by atoms with Crippen molar-refractivity contribution >= 4 is 33.1 Å². The number of hydrogen-bond acceptors (Lipinski definition) is 4. The van der Waals surface area contributed by atoms with Crippen LogP contribution in [0.1, 0.15) is 29.0 Å². The lowest BCUT2D eigenvalue weighted by Gasteiger charge is -2.15. The molecule has 4 rings (SSSR count). The van der Waals surface area contributed by atoms with Crippen LogP contribution in [0.2, 0.25) is 0 Å². The second kappa shape index (κ2) is 8.07. The average Bonchev–Trinajstić information content (AvgIpc) is 3.08. The maximum absolute atomic E-state index is 13.4. The van der Waals surface area contributed by atoms with Crippen LogP contribution in [0.3, 0.4) is 0 Å². The van der Waals surface area contributed by atoms with E-state index in [0.29, 0.717) is 15.9 Å². The summed E-state index contributed by atoms with van der Waals surface area (Å²) >= 11 is 1.47. The van der Waals surface area contributed by atoms with E-state index in [0.717, 1.165) is 21.6 Å². The number of anilines is 1. The van der Waals surface area contributed by atoms with E-state index in [9.17, 15) is 14.0 Å². The number of amides is 1. The molecule has 0 aliphatic rings. The minimum atomic E-state index is -0.790. The SMILES string of the molecule is Cc1ccc(-c2c(C)sc3ncn(C(C)C(=O)Nc4ccc(F)cc4)c(=O)c23)cc1C. The number of nitrogens with zero attached hydrogens (tertiary/aromatic N) is 2. The second-order valence-electron chi connectivity index (χ2n) is 7.64. The number of hydrogen-bond donors (Lipinski definition) is 1. The Bertz CT molecular complexity index is 1360. The first-order chi connectivity index (χ1) is 14.8. The molecule has 4 aromatic rings. The number of carbonyl (C=O) groups excluding carboxylic acids is 1. The molecular formula is C24H22FN3O2S. The highest BCUT2D eigenvalue weighted by Crippen LogP contribution is 2.36. The first kappa shape index (κ1) is 20.9. The van der Waals surface area contributed by atoms with Gasteiger partial charge in [0.2, 0.25) is 5.91 Å². The third kappa shape index (κ3) is 3.88. The smallest absolute Gasteiger partial charge is 0.263 e. The van der Waals surface area contributed by atoms with E-state index < -0.39 is 6.04 Å². The van der Waals surface area contributed by atoms with Gasteiger partial charge in [0.25, 0.3) is 5.56 Å². The zero-order chi connectivity index (χ0) is 22.3. The quantitative estimate of drug-likeness (QED) is 0.467. The van der Waals surface area contributed by atoms with Crippen molar-refractivity contribution < 1.29 is 9.18 Å². The van der Waals surface area contributed by atoms with Gasteiger partial charge in [0.15, 0.2) is 0 Å². The molecular weight excluding hydrogens is 413 g/mol. The van der Waals surface area contributed by atoms with E-state index in [1.54, 1.807) is 6.92 Å². The second-order valence-corrected chi connectivity index (χ2v) is 8.84. The zero-order valence-corrected chi connectivity index (χ0v) is 18.5. The van der Waals surface area contributed by atoms with Gasteiger partial charge in [-0.1, -0.05) is 18.2 Å². The van der Waals surface area contributed by atoms with Gasteiger partial charge in [-0.15, -0.1) is 11.3 Å². The highest BCUT2D eigenvalue weighted by Gasteiger charge is 2.22. The first-order valence-electron chi connectivity index (χ1n) is 9.90. The largest absolute Gasteiger partial charge is 0.324 e. The molecule has 0 fully saturated rings. The fourth-order valence-electron chi connectivity index (χ4n) is 3.54. The van der Waals surface area contributed by atoms with Gasteiger partial charge in [-0.3, -0.25) is 14.2 Å². The van der Waals surface area contributed by atoms with Gasteiger partial charge in [-0.2, -0.15) is 0 Å². The van der Waals surface area contributed by atoms with Crippen LogP contribution in [-0.2, 0) is 4.79 Å². The molecule has 0 aliphatic heterocycles. The molecule has 5 nitrogen and oxygen atoms in total. The number of aryl methyl sites for hydroxylation is 3. The van der Waals surface area contributed by atoms with Gasteiger partial charge in [0.1, 0.15) is 16.7 Å². The highest BCUT2D eigenvalue weighted by atomic mass is 32.1. The van der Waals surface area contributed by atoms with Crippen LogP contribution in [-0.4, -0.2) is 15.5 Å². The van der Waals surface area contributed by atoms with Gasteiger partial charge in [0, 0.05) is 16.1 Å². The van der Waals surface area contributed by atoms with Crippen molar-refractivity contribution in [1.82, 2.24) is 9.55 Å². The summed E-state index contributed by atoms with van der Waals surface area (Å²) in [5.74, 6) is -0.766. The zero-order valence-electron chi connectivity index (χ0n) is 17.7. The molecule has 0 saturated carbocycles. The number of thiophene rings is 1. The van der Waals surface area contributed by atoms with Crippen LogP contribution in [0, 0.1) is 26.6 Å². The van der Waals surface area contributed by atoms with Crippen molar-refractivity contribution in [2.45, 2.75) is 33.7 Å². The number of benzene rings is 2. The Morgan fingerprint density at radius 2 is 1.81 bits per heavy atom. The Balaban J connectivity index is 1.76. The standard InChI is InChI=1S/C24H22FN3O2S/c1-13-5-6-17(11-14(13)2)20-16(4)31-23-21(20)24(30)28(12-26-23)15(3)22(29)27-19-9-7-18(25)8-10-19/h5-12,15H,1-4H3,(H,27,29). The summed E-state index contributed by atoms with van der Waals surface area (Å²) in [6, 6.07) is 10.8. The number of carbonyl (C=O) groups is 1. The lowest BCUT2D eigenvalue weighted by Crippen LogP contribution is -2.31. The minimum absolute atomic E-state index is 0.260. The van der Waals surface area contributed by atoms with Gasteiger partial charge >= 0.3 is 0 Å². The normalized spacial score (nSPS) is 12.2. The van der Waals surface area contributed by atoms with Crippen LogP contribution in [0.15, 0.2) is 53.6 Å². The molecule has 7 heteroatoms. The third-order valence-electron chi connectivity index (χ3n) is 5.52. The fraction of sp³-hybridized carbons (Fsp3) is 0.208. The molecule has 0 spiro atoms. The molecule has 1 N–H and O–H groups in total. The van der Waals surface area contributed by atoms with Gasteiger partial charge in [-0.05, 0) is 68.7 Å². The number of fused-ring (bicyclic) bond motifs is 1. The monoisotopic (exact) mass is 435 g/mol. The predicted molar refractivity (Wildman–Crippen MR) is 123 cm³/mol. The maximum Gasteiger partial charge on any atom is 0.263 e. The topological polar surface area (TPSA) is 64.0 Å². The molecule has 0 bridgehead atoms. The molecule has 1 amide bonds. The van der Waals surface area contributed by atoms with E-state index in [1.165, 1.54) is 52.1 Å². The number of rotatable bonds is 4. The van der Waals surface area contributed by atoms with Crippen LogP contribution in [0.5, 0.6) is 0 Å². The van der Waals surface area contributed by atoms with E-state index in [1.807, 2.05) is 32.9 Å². The fourth-order valence-corrected chi connectivity index (χ4v) is 4.55. The van der Waals surface area contributed by atoms with Crippen molar-refractivity contribution in [3.05, 3.63) is 81.0 Å². The summed E-state index contributed by atoms with van der Waals surface area (Å²) in [4.78, 5) is 32.3. The molecule has 158 valence electrons. The summed E-state index contributed by atoms with van der Waals surface area (Å²) in [5.41, 5.74) is 4.36. The van der Waals surface area contributed by atoms with E-state index in [4.69, 9.17) is 0 Å². The van der Waals surface area contributed by atoms with E-state index in [2.05, 4.69) is 16.4 Å². The van der Waals surface area contributed by atoms with Gasteiger partial charge < -0.3 is 5.32 Å². The van der Waals surface area contributed by atoms with Crippen LogP contribution in [0.25, 0.3) is 21.3 Å². The van der Waals surface area contributed by atoms with E-state index >= 15 is 0 Å². The Morgan fingerprint density at radius 1 is 1.10 bits per heavy atom. The van der Waals surface area contributed by atoms with Crippen molar-refractivity contribution in [2.24, 2.45) is 0 Å². The van der Waals surface area contributed by atoms with Gasteiger partial charge in [-0.25, -0.2) is 9.37 Å². The molecule has 0 radical (unpaired) electrons. The first-order valence-corrected chi connectivity index (χ1v) is 10.7. The molecule has 2 heterocycles. The van der Waals surface area contributed by atoms with Crippen LogP contribution in [0.4, 0.5) is 10.1 Å². The van der Waals surface area contributed by atoms with Crippen molar-refractivity contribution in [3.63, 3.8) is 0 Å². The summed E-state index contributed by atoms with van der Waals surface area (Å²) in [6.07, 6.45) is 1.42. The molecule has 31 heavy (non-hydrogen) atoms. The van der Waals surface area contributed by atoms with Gasteiger partial charge in [0.05, 0.1) is 11.7 Å². The molecule has 0 saturated heterocycles. The van der Waals surface area contributed by atoms with Crippen LogP contribution >= 0.6 is 11.3 Å². The molecule has 2 aromatic heterocycles. The number of nitrogens with one attached hydrogen (secondary N) is 1. The molecule has 1 unspecified atom stereocenters. The van der Waals surface area contributed by atoms with Crippen molar-refractivity contribution in [3.8, 4) is 11.1 Å². The van der Waals surface area contributed by atoms with Crippen molar-refractivity contribution in [1.29, 1.82) is 0 Å². The molecule has 1 atom stereocenters. The Hall–Kier alpha value is -3.32. The number of aromatic nitrogens is 2. The minimum Gasteiger partial charge on any atom is -0.324 e. The van der Waals surface area contributed by atoms with E-state index in [-0.39, 0.29) is 17.3 Å². The predicted octanol–water partition coefficient (Wildman–Crippen LogP) is 5.39. The molecule has 0 aliphatic carbocycles. The van der Waals surface area contributed by atoms with Crippen LogP contribution < -0.4 is 10.9 Å². The summed E-state index contributed by atoms with van der Waals surface area (Å²) in [5, 5.41) is 3.24. The Morgan fingerprint density at radius 3 is 2.48 bits per heavy atom. The maximum atomic E-state index is 13.4. The number of halogens is 1. The summed E-state index contributed by atoms with van der Waals surface area (Å²) < 4.78 is 14.5. The third-order valence-corrected chi connectivity index (χ3v) is 6.53. The average molecular weight is 436 g/mol.